The molecule has 1 rings (SSSR count). The van der Waals surface area contributed by atoms with Gasteiger partial charge in [-0.15, -0.1) is 0 Å². The van der Waals surface area contributed by atoms with Gasteiger partial charge in [-0.05, 0) is 6.42 Å². The summed E-state index contributed by atoms with van der Waals surface area (Å²) in [5.74, 6) is -0.272. The number of carbonyl (C=O) groups excluding carboxylic acids is 1. The molecule has 1 aliphatic heterocycles. The molecule has 0 radical (unpaired) electrons. The fraction of sp³-hybridized carbons (Fsp3) is 0.929. The van der Waals surface area contributed by atoms with Gasteiger partial charge in [-0.3, -0.25) is 4.79 Å². The molecular weight excluding hydrogens is 230 g/mol. The summed E-state index contributed by atoms with van der Waals surface area (Å²) in [5.41, 5.74) is 4.77. The number of hydrogen-bond donors (Lipinski definition) is 1. The van der Waals surface area contributed by atoms with Crippen LogP contribution in [0.3, 0.4) is 0 Å². The standard InChI is InChI=1S/C14H27NO2.H2O/c1-2-3-4-5-6-7-8-9-10-14(13(15)16)11-12-17-14;/h2-12H2,1H3,(H2,15,16);1H2. The molecule has 1 saturated heterocycles. The molecule has 18 heavy (non-hydrogen) atoms. The molecule has 0 aromatic rings. The number of carbonyl (C=O) groups is 1. The van der Waals surface area contributed by atoms with Crippen molar-refractivity contribution in [2.24, 2.45) is 5.73 Å². The molecule has 4 heteroatoms. The van der Waals surface area contributed by atoms with E-state index in [2.05, 4.69) is 6.92 Å². The lowest BCUT2D eigenvalue weighted by Gasteiger charge is -2.39. The molecule has 4 N–H and O–H groups in total. The SMILES string of the molecule is CCCCCCCCCCC1(C(N)=O)CCO1.O. The predicted octanol–water partition coefficient (Wildman–Crippen LogP) is 2.34. The van der Waals surface area contributed by atoms with E-state index in [1.54, 1.807) is 0 Å². The highest BCUT2D eigenvalue weighted by Crippen LogP contribution is 2.31. The van der Waals surface area contributed by atoms with Gasteiger partial charge in [-0.2, -0.15) is 0 Å². The molecule has 0 bridgehead atoms. The molecule has 1 unspecified atom stereocenters. The highest BCUT2D eigenvalue weighted by molar-refractivity contribution is 5.84. The van der Waals surface area contributed by atoms with Crippen LogP contribution in [0.2, 0.25) is 0 Å². The number of rotatable bonds is 10. The Morgan fingerprint density at radius 3 is 2.00 bits per heavy atom. The van der Waals surface area contributed by atoms with Gasteiger partial charge in [-0.1, -0.05) is 58.3 Å². The number of ether oxygens (including phenoxy) is 1. The minimum atomic E-state index is -0.595. The zero-order valence-electron chi connectivity index (χ0n) is 11.7. The molecule has 1 aliphatic rings. The van der Waals surface area contributed by atoms with Crippen LogP contribution < -0.4 is 5.73 Å². The number of nitrogens with two attached hydrogens (primary N) is 1. The molecular formula is C14H29NO3. The summed E-state index contributed by atoms with van der Waals surface area (Å²) in [7, 11) is 0. The third kappa shape index (κ3) is 5.36. The summed E-state index contributed by atoms with van der Waals surface area (Å²) in [6.07, 6.45) is 11.9. The van der Waals surface area contributed by atoms with Gasteiger partial charge in [0.2, 0.25) is 5.91 Å². The average molecular weight is 259 g/mol. The van der Waals surface area contributed by atoms with E-state index in [4.69, 9.17) is 10.5 Å². The monoisotopic (exact) mass is 259 g/mol. The van der Waals surface area contributed by atoms with Crippen molar-refractivity contribution in [2.75, 3.05) is 6.61 Å². The predicted molar refractivity (Wildman–Crippen MR) is 73.3 cm³/mol. The molecule has 0 aromatic carbocycles. The first-order valence-electron chi connectivity index (χ1n) is 7.15. The molecule has 1 fully saturated rings. The van der Waals surface area contributed by atoms with Gasteiger partial charge in [0.15, 0.2) is 0 Å². The zero-order chi connectivity index (χ0) is 12.6. The summed E-state index contributed by atoms with van der Waals surface area (Å²) in [6, 6.07) is 0. The quantitative estimate of drug-likeness (QED) is 0.611. The highest BCUT2D eigenvalue weighted by Gasteiger charge is 2.43. The number of hydrogen-bond acceptors (Lipinski definition) is 2. The molecule has 0 saturated carbocycles. The van der Waals surface area contributed by atoms with Crippen molar-refractivity contribution in [3.63, 3.8) is 0 Å². The second-order valence-corrected chi connectivity index (χ2v) is 5.18. The minimum absolute atomic E-state index is 0. The van der Waals surface area contributed by atoms with E-state index in [0.717, 1.165) is 19.3 Å². The van der Waals surface area contributed by atoms with E-state index in [9.17, 15) is 4.79 Å². The van der Waals surface area contributed by atoms with Crippen molar-refractivity contribution in [1.29, 1.82) is 0 Å². The van der Waals surface area contributed by atoms with Crippen LogP contribution in [-0.2, 0) is 9.53 Å². The Kier molecular flexibility index (Phi) is 9.02. The first-order chi connectivity index (χ1) is 8.21. The molecule has 4 nitrogen and oxygen atoms in total. The summed E-state index contributed by atoms with van der Waals surface area (Å²) in [4.78, 5) is 11.2. The van der Waals surface area contributed by atoms with Gasteiger partial charge in [0.1, 0.15) is 5.60 Å². The summed E-state index contributed by atoms with van der Waals surface area (Å²) >= 11 is 0. The summed E-state index contributed by atoms with van der Waals surface area (Å²) < 4.78 is 5.36. The summed E-state index contributed by atoms with van der Waals surface area (Å²) in [6.45, 7) is 2.93. The smallest absolute Gasteiger partial charge is 0.249 e. The van der Waals surface area contributed by atoms with Crippen LogP contribution in [-0.4, -0.2) is 23.6 Å². The number of primary amides is 1. The Labute approximate surface area is 111 Å². The fourth-order valence-corrected chi connectivity index (χ4v) is 2.41. The van der Waals surface area contributed by atoms with E-state index in [0.29, 0.717) is 6.61 Å². The Morgan fingerprint density at radius 1 is 1.11 bits per heavy atom. The lowest BCUT2D eigenvalue weighted by Crippen LogP contribution is -2.54. The van der Waals surface area contributed by atoms with Crippen molar-refractivity contribution in [2.45, 2.75) is 76.7 Å². The maximum atomic E-state index is 11.2. The molecule has 0 spiro atoms. The average Bonchev–Trinajstić information content (AvgIpc) is 2.24. The van der Waals surface area contributed by atoms with Crippen molar-refractivity contribution in [3.05, 3.63) is 0 Å². The summed E-state index contributed by atoms with van der Waals surface area (Å²) in [5, 5.41) is 0. The van der Waals surface area contributed by atoms with Crippen molar-refractivity contribution in [1.82, 2.24) is 0 Å². The second kappa shape index (κ2) is 9.34. The molecule has 108 valence electrons. The first-order valence-corrected chi connectivity index (χ1v) is 7.15. The molecule has 0 aliphatic carbocycles. The minimum Gasteiger partial charge on any atom is -0.412 e. The molecule has 1 amide bonds. The second-order valence-electron chi connectivity index (χ2n) is 5.18. The van der Waals surface area contributed by atoms with Gasteiger partial charge >= 0.3 is 0 Å². The lowest BCUT2D eigenvalue weighted by molar-refractivity contribution is -0.175. The lowest BCUT2D eigenvalue weighted by atomic mass is 9.87. The van der Waals surface area contributed by atoms with Gasteiger partial charge in [-0.25, -0.2) is 0 Å². The third-order valence-corrected chi connectivity index (χ3v) is 3.77. The normalized spacial score (nSPS) is 22.1. The van der Waals surface area contributed by atoms with Crippen LogP contribution in [0, 0.1) is 0 Å². The van der Waals surface area contributed by atoms with Crippen LogP contribution in [0.4, 0.5) is 0 Å². The Hall–Kier alpha value is -0.610. The maximum absolute atomic E-state index is 11.2. The van der Waals surface area contributed by atoms with Crippen molar-refractivity contribution >= 4 is 5.91 Å². The van der Waals surface area contributed by atoms with Gasteiger partial charge in [0, 0.05) is 6.42 Å². The van der Waals surface area contributed by atoms with Gasteiger partial charge in [0.25, 0.3) is 0 Å². The van der Waals surface area contributed by atoms with Crippen LogP contribution in [0.5, 0.6) is 0 Å². The fourth-order valence-electron chi connectivity index (χ4n) is 2.41. The Balaban J connectivity index is 0.00000289. The maximum Gasteiger partial charge on any atom is 0.249 e. The Bertz CT molecular complexity index is 227. The number of unbranched alkanes of at least 4 members (excludes halogenated alkanes) is 7. The highest BCUT2D eigenvalue weighted by atomic mass is 16.5. The van der Waals surface area contributed by atoms with E-state index in [1.807, 2.05) is 0 Å². The molecule has 1 heterocycles. The van der Waals surface area contributed by atoms with Crippen LogP contribution in [0.1, 0.15) is 71.1 Å². The third-order valence-electron chi connectivity index (χ3n) is 3.77. The Morgan fingerprint density at radius 2 is 1.61 bits per heavy atom. The van der Waals surface area contributed by atoms with Crippen LogP contribution >= 0.6 is 0 Å². The first kappa shape index (κ1) is 17.4. The van der Waals surface area contributed by atoms with Crippen LogP contribution in [0.15, 0.2) is 0 Å². The molecule has 1 atom stereocenters. The topological polar surface area (TPSA) is 83.8 Å². The van der Waals surface area contributed by atoms with E-state index in [-0.39, 0.29) is 11.4 Å². The van der Waals surface area contributed by atoms with Crippen molar-refractivity contribution < 1.29 is 15.0 Å². The number of amides is 1. The van der Waals surface area contributed by atoms with Gasteiger partial charge in [0.05, 0.1) is 6.61 Å². The van der Waals surface area contributed by atoms with E-state index < -0.39 is 5.60 Å². The molecule has 0 aromatic heterocycles. The van der Waals surface area contributed by atoms with E-state index >= 15 is 0 Å². The largest absolute Gasteiger partial charge is 0.412 e. The van der Waals surface area contributed by atoms with E-state index in [1.165, 1.54) is 44.9 Å². The zero-order valence-corrected chi connectivity index (χ0v) is 11.7. The van der Waals surface area contributed by atoms with Gasteiger partial charge < -0.3 is 15.9 Å². The van der Waals surface area contributed by atoms with Crippen LogP contribution in [0.25, 0.3) is 0 Å². The van der Waals surface area contributed by atoms with Crippen molar-refractivity contribution in [3.8, 4) is 0 Å².